The predicted molar refractivity (Wildman–Crippen MR) is 201 cm³/mol. The van der Waals surface area contributed by atoms with E-state index < -0.39 is 36.5 Å². The van der Waals surface area contributed by atoms with Crippen molar-refractivity contribution in [1.82, 2.24) is 40.4 Å². The maximum absolute atomic E-state index is 13.6. The lowest BCUT2D eigenvalue weighted by Gasteiger charge is -2.37. The molecule has 0 bridgehead atoms. The van der Waals surface area contributed by atoms with Gasteiger partial charge >= 0.3 is 12.2 Å². The zero-order chi connectivity index (χ0) is 39.2. The van der Waals surface area contributed by atoms with Crippen LogP contribution < -0.4 is 10.6 Å². The average Bonchev–Trinajstić information content (AvgIpc) is 4.05. The SMILES string of the molecule is COC(=O)N[C@H](C(=O)N1CCC[C@H]1c1nc(C2CCC(C3CCC(c4c[nH]c([C@@H]5CCCN5C(=O)[C@@H](NC(=O)O)[C@@H](C)OC)n4)CC3)CC2)c[nH]1)C(C)OC. The Morgan fingerprint density at radius 2 is 1.11 bits per heavy atom. The first-order chi connectivity index (χ1) is 26.5. The molecule has 6 rings (SSSR count). The van der Waals surface area contributed by atoms with E-state index in [1.54, 1.807) is 18.7 Å². The number of likely N-dealkylation sites (tertiary alicyclic amines) is 2. The highest BCUT2D eigenvalue weighted by Gasteiger charge is 2.41. The van der Waals surface area contributed by atoms with E-state index in [0.29, 0.717) is 36.8 Å². The first-order valence-electron chi connectivity index (χ1n) is 20.1. The largest absolute Gasteiger partial charge is 0.465 e. The lowest BCUT2D eigenvalue weighted by Crippen LogP contribution is -2.54. The molecule has 6 atom stereocenters. The molecule has 2 aromatic heterocycles. The van der Waals surface area contributed by atoms with Crippen molar-refractivity contribution in [1.29, 1.82) is 0 Å². The third-order valence-corrected chi connectivity index (χ3v) is 12.9. The summed E-state index contributed by atoms with van der Waals surface area (Å²) in [7, 11) is 4.27. The molecule has 2 aliphatic heterocycles. The van der Waals surface area contributed by atoms with Gasteiger partial charge in [-0.3, -0.25) is 9.59 Å². The normalized spacial score (nSPS) is 27.9. The number of ether oxygens (including phenoxy) is 3. The molecule has 2 saturated carbocycles. The molecule has 2 aliphatic carbocycles. The van der Waals surface area contributed by atoms with E-state index >= 15 is 0 Å². The van der Waals surface area contributed by atoms with E-state index in [9.17, 15) is 24.3 Å². The Labute approximate surface area is 323 Å². The number of amides is 4. The number of carbonyl (C=O) groups excluding carboxylic acids is 3. The number of nitrogens with one attached hydrogen (secondary N) is 4. The van der Waals surface area contributed by atoms with Crippen LogP contribution in [0.1, 0.15) is 138 Å². The van der Waals surface area contributed by atoms with Crippen LogP contribution in [0.4, 0.5) is 9.59 Å². The number of nitrogens with zero attached hydrogens (tertiary/aromatic N) is 4. The standard InChI is InChI=1S/C39H60N8O8/c1-22(53-3)32(44-38(50)51)36(48)46-18-6-8-30(46)34-40-20-28(42-34)26-14-10-24(11-15-26)25-12-16-27(17-13-25)29-21-41-35(43-29)31-9-7-19-47(31)37(49)33(23(2)54-4)45-39(52)55-5/h20-27,30-33,44H,6-19H2,1-5H3,(H,40,42)(H,41,43)(H,45,52)(H,50,51)/t22-,23?,24?,25?,26?,27?,30+,31+,32+,33+/m1/s1. The first-order valence-corrected chi connectivity index (χ1v) is 20.1. The number of methoxy groups -OCH3 is 3. The molecule has 1 unspecified atom stereocenters. The van der Waals surface area contributed by atoms with Gasteiger partial charge in [0.15, 0.2) is 0 Å². The number of imidazole rings is 2. The summed E-state index contributed by atoms with van der Waals surface area (Å²) in [4.78, 5) is 70.9. The van der Waals surface area contributed by atoms with Crippen molar-refractivity contribution in [3.8, 4) is 0 Å². The molecular formula is C39H60N8O8. The molecule has 4 heterocycles. The van der Waals surface area contributed by atoms with E-state index in [-0.39, 0.29) is 23.9 Å². The van der Waals surface area contributed by atoms with Gasteiger partial charge in [0.25, 0.3) is 0 Å². The van der Waals surface area contributed by atoms with Crippen molar-refractivity contribution < 1.29 is 38.5 Å². The van der Waals surface area contributed by atoms with Crippen LogP contribution in [0.2, 0.25) is 0 Å². The fraction of sp³-hybridized carbons (Fsp3) is 0.744. The molecular weight excluding hydrogens is 708 g/mol. The van der Waals surface area contributed by atoms with Crippen LogP contribution in [-0.2, 0) is 23.8 Å². The molecule has 4 amide bonds. The molecule has 5 N–H and O–H groups in total. The van der Waals surface area contributed by atoms with Crippen molar-refractivity contribution in [2.24, 2.45) is 11.8 Å². The minimum absolute atomic E-state index is 0.179. The summed E-state index contributed by atoms with van der Waals surface area (Å²) < 4.78 is 15.5. The second-order valence-corrected chi connectivity index (χ2v) is 15.9. The zero-order valence-corrected chi connectivity index (χ0v) is 32.9. The van der Waals surface area contributed by atoms with Gasteiger partial charge in [-0.15, -0.1) is 0 Å². The molecule has 55 heavy (non-hydrogen) atoms. The summed E-state index contributed by atoms with van der Waals surface area (Å²) in [6.07, 6.45) is 13.4. The van der Waals surface area contributed by atoms with E-state index in [4.69, 9.17) is 24.2 Å². The number of aromatic amines is 2. The predicted octanol–water partition coefficient (Wildman–Crippen LogP) is 5.14. The molecule has 0 spiro atoms. The van der Waals surface area contributed by atoms with Crippen molar-refractivity contribution in [3.63, 3.8) is 0 Å². The monoisotopic (exact) mass is 768 g/mol. The summed E-state index contributed by atoms with van der Waals surface area (Å²) in [6, 6.07) is -2.23. The number of rotatable bonds is 13. The highest BCUT2D eigenvalue weighted by molar-refractivity contribution is 5.87. The van der Waals surface area contributed by atoms with Crippen LogP contribution in [0.15, 0.2) is 12.4 Å². The van der Waals surface area contributed by atoms with Crippen LogP contribution in [0.3, 0.4) is 0 Å². The number of hydrogen-bond donors (Lipinski definition) is 5. The molecule has 4 fully saturated rings. The summed E-state index contributed by atoms with van der Waals surface area (Å²) >= 11 is 0. The van der Waals surface area contributed by atoms with Crippen molar-refractivity contribution in [3.05, 3.63) is 35.4 Å². The highest BCUT2D eigenvalue weighted by atomic mass is 16.5. The summed E-state index contributed by atoms with van der Waals surface area (Å²) in [6.45, 7) is 4.59. The number of hydrogen-bond acceptors (Lipinski definition) is 9. The fourth-order valence-corrected chi connectivity index (χ4v) is 9.57. The summed E-state index contributed by atoms with van der Waals surface area (Å²) in [5.41, 5.74) is 2.13. The minimum atomic E-state index is -1.25. The lowest BCUT2D eigenvalue weighted by atomic mass is 9.68. The molecule has 2 saturated heterocycles. The van der Waals surface area contributed by atoms with E-state index in [0.717, 1.165) is 74.4 Å². The van der Waals surface area contributed by atoms with Crippen molar-refractivity contribution in [2.45, 2.75) is 139 Å². The van der Waals surface area contributed by atoms with Gasteiger partial charge < -0.3 is 49.7 Å². The van der Waals surface area contributed by atoms with Crippen molar-refractivity contribution in [2.75, 3.05) is 34.4 Å². The summed E-state index contributed by atoms with van der Waals surface area (Å²) in [5, 5.41) is 14.3. The second-order valence-electron chi connectivity index (χ2n) is 15.9. The molecule has 0 radical (unpaired) electrons. The first kappa shape index (κ1) is 40.5. The Morgan fingerprint density at radius 3 is 1.49 bits per heavy atom. The summed E-state index contributed by atoms with van der Waals surface area (Å²) in [5.74, 6) is 3.27. The van der Waals surface area contributed by atoms with Gasteiger partial charge in [-0.1, -0.05) is 0 Å². The lowest BCUT2D eigenvalue weighted by molar-refractivity contribution is -0.138. The third kappa shape index (κ3) is 9.11. The van der Waals surface area contributed by atoms with Gasteiger partial charge in [-0.2, -0.15) is 0 Å². The van der Waals surface area contributed by atoms with Gasteiger partial charge in [0.1, 0.15) is 23.7 Å². The zero-order valence-electron chi connectivity index (χ0n) is 32.9. The number of H-pyrrole nitrogens is 2. The molecule has 16 nitrogen and oxygen atoms in total. The van der Waals surface area contributed by atoms with Gasteiger partial charge in [0.2, 0.25) is 11.8 Å². The van der Waals surface area contributed by atoms with Crippen LogP contribution in [-0.4, -0.2) is 118 Å². The van der Waals surface area contributed by atoms with Crippen LogP contribution in [0.25, 0.3) is 0 Å². The van der Waals surface area contributed by atoms with Gasteiger partial charge in [0, 0.05) is 51.5 Å². The molecule has 16 heteroatoms. The Balaban J connectivity index is 0.991. The average molecular weight is 769 g/mol. The van der Waals surface area contributed by atoms with Crippen LogP contribution >= 0.6 is 0 Å². The number of carbonyl (C=O) groups is 4. The maximum atomic E-state index is 13.6. The minimum Gasteiger partial charge on any atom is -0.465 e. The Hall–Kier alpha value is -4.18. The number of carboxylic acid groups (broad SMARTS) is 1. The molecule has 4 aliphatic rings. The molecule has 0 aromatic carbocycles. The Kier molecular flexibility index (Phi) is 13.4. The van der Waals surface area contributed by atoms with Crippen molar-refractivity contribution >= 4 is 24.0 Å². The molecule has 304 valence electrons. The number of aromatic nitrogens is 4. The topological polar surface area (TPSA) is 204 Å². The second kappa shape index (κ2) is 18.2. The third-order valence-electron chi connectivity index (χ3n) is 12.9. The highest BCUT2D eigenvalue weighted by Crippen LogP contribution is 2.46. The fourth-order valence-electron chi connectivity index (χ4n) is 9.57. The van der Waals surface area contributed by atoms with E-state index in [1.165, 1.54) is 47.0 Å². The smallest absolute Gasteiger partial charge is 0.407 e. The van der Waals surface area contributed by atoms with Gasteiger partial charge in [-0.25, -0.2) is 19.6 Å². The van der Waals surface area contributed by atoms with Crippen LogP contribution in [0.5, 0.6) is 0 Å². The Bertz CT molecular complexity index is 1620. The van der Waals surface area contributed by atoms with Gasteiger partial charge in [0.05, 0.1) is 42.8 Å². The quantitative estimate of drug-likeness (QED) is 0.182. The molecule has 2 aromatic rings. The maximum Gasteiger partial charge on any atom is 0.407 e. The Morgan fingerprint density at radius 1 is 0.691 bits per heavy atom. The van der Waals surface area contributed by atoms with E-state index in [2.05, 4.69) is 20.6 Å². The van der Waals surface area contributed by atoms with Gasteiger partial charge in [-0.05, 0) is 103 Å². The van der Waals surface area contributed by atoms with E-state index in [1.807, 2.05) is 17.3 Å². The van der Waals surface area contributed by atoms with Crippen LogP contribution in [0, 0.1) is 11.8 Å². The number of alkyl carbamates (subject to hydrolysis) is 1.